The molecule has 0 fully saturated rings. The van der Waals surface area contributed by atoms with E-state index in [1.54, 1.807) is 35.2 Å². The summed E-state index contributed by atoms with van der Waals surface area (Å²) in [6.07, 6.45) is 1.82. The number of thioether (sulfide) groups is 1. The van der Waals surface area contributed by atoms with Crippen LogP contribution in [0.15, 0.2) is 113 Å². The van der Waals surface area contributed by atoms with Gasteiger partial charge in [-0.05, 0) is 53.5 Å². The second-order valence-corrected chi connectivity index (χ2v) is 10.3. The van der Waals surface area contributed by atoms with Crippen molar-refractivity contribution in [3.05, 3.63) is 136 Å². The molecule has 2 amide bonds. The minimum Gasteiger partial charge on any atom is -0.351 e. The Kier molecular flexibility index (Phi) is 7.70. The standard InChI is InChI=1S/C32H27FN2O2S/c1-22(24-9-3-2-4-10-24)20-34-31(36)25-17-15-23(16-18-25)19-30-32(37)35(21-26-11-5-6-12-27(26)33)28-13-7-8-14-29(28)38-30/h2-19,22H,20-21H2,1H3,(H,34,36). The van der Waals surface area contributed by atoms with E-state index in [9.17, 15) is 14.0 Å². The topological polar surface area (TPSA) is 49.4 Å². The van der Waals surface area contributed by atoms with Crippen LogP contribution < -0.4 is 10.2 Å². The Morgan fingerprint density at radius 3 is 2.37 bits per heavy atom. The fourth-order valence-corrected chi connectivity index (χ4v) is 5.40. The fourth-order valence-electron chi connectivity index (χ4n) is 4.35. The Labute approximate surface area is 226 Å². The lowest BCUT2D eigenvalue weighted by molar-refractivity contribution is -0.114. The van der Waals surface area contributed by atoms with E-state index >= 15 is 0 Å². The van der Waals surface area contributed by atoms with E-state index in [4.69, 9.17) is 0 Å². The van der Waals surface area contributed by atoms with E-state index in [1.807, 2.05) is 60.7 Å². The van der Waals surface area contributed by atoms with Gasteiger partial charge in [0, 0.05) is 22.6 Å². The number of carbonyl (C=O) groups excluding carboxylic acids is 2. The van der Waals surface area contributed by atoms with Crippen molar-refractivity contribution >= 4 is 35.3 Å². The molecule has 0 spiro atoms. The van der Waals surface area contributed by atoms with E-state index < -0.39 is 0 Å². The van der Waals surface area contributed by atoms with Gasteiger partial charge in [-0.2, -0.15) is 0 Å². The molecule has 1 aliphatic rings. The number of hydrogen-bond acceptors (Lipinski definition) is 3. The van der Waals surface area contributed by atoms with Crippen LogP contribution in [0.3, 0.4) is 0 Å². The van der Waals surface area contributed by atoms with E-state index in [-0.39, 0.29) is 30.1 Å². The van der Waals surface area contributed by atoms with Crippen LogP contribution in [0.4, 0.5) is 10.1 Å². The summed E-state index contributed by atoms with van der Waals surface area (Å²) in [5, 5.41) is 3.00. The van der Waals surface area contributed by atoms with Crippen molar-refractivity contribution < 1.29 is 14.0 Å². The number of para-hydroxylation sites is 1. The van der Waals surface area contributed by atoms with Gasteiger partial charge in [-0.15, -0.1) is 0 Å². The number of amides is 2. The SMILES string of the molecule is CC(CNC(=O)c1ccc(C=C2Sc3ccccc3N(Cc3ccccc3F)C2=O)cc1)c1ccccc1. The van der Waals surface area contributed by atoms with Gasteiger partial charge in [0.2, 0.25) is 0 Å². The molecular formula is C32H27FN2O2S. The predicted octanol–water partition coefficient (Wildman–Crippen LogP) is 7.04. The van der Waals surface area contributed by atoms with E-state index in [0.29, 0.717) is 22.6 Å². The van der Waals surface area contributed by atoms with Gasteiger partial charge < -0.3 is 10.2 Å². The molecule has 190 valence electrons. The second-order valence-electron chi connectivity index (χ2n) is 9.20. The van der Waals surface area contributed by atoms with Crippen molar-refractivity contribution in [3.8, 4) is 0 Å². The highest BCUT2D eigenvalue weighted by molar-refractivity contribution is 8.04. The highest BCUT2D eigenvalue weighted by Crippen LogP contribution is 2.42. The van der Waals surface area contributed by atoms with Crippen LogP contribution in [0, 0.1) is 5.82 Å². The van der Waals surface area contributed by atoms with Crippen molar-refractivity contribution in [1.82, 2.24) is 5.32 Å². The molecule has 0 aromatic heterocycles. The summed E-state index contributed by atoms with van der Waals surface area (Å²) < 4.78 is 14.4. The molecule has 0 radical (unpaired) electrons. The lowest BCUT2D eigenvalue weighted by Crippen LogP contribution is -2.34. The number of hydrogen-bond donors (Lipinski definition) is 1. The van der Waals surface area contributed by atoms with Crippen molar-refractivity contribution in [2.45, 2.75) is 24.3 Å². The molecule has 1 aliphatic heterocycles. The highest BCUT2D eigenvalue weighted by Gasteiger charge is 2.29. The molecular weight excluding hydrogens is 495 g/mol. The van der Waals surface area contributed by atoms with Crippen LogP contribution in [0.5, 0.6) is 0 Å². The third kappa shape index (κ3) is 5.71. The summed E-state index contributed by atoms with van der Waals surface area (Å²) in [6, 6.07) is 31.4. The molecule has 1 unspecified atom stereocenters. The lowest BCUT2D eigenvalue weighted by atomic mass is 10.0. The Hall–Kier alpha value is -4.16. The molecule has 4 nitrogen and oxygen atoms in total. The molecule has 4 aromatic carbocycles. The summed E-state index contributed by atoms with van der Waals surface area (Å²) in [4.78, 5) is 29.3. The monoisotopic (exact) mass is 522 g/mol. The zero-order valence-corrected chi connectivity index (χ0v) is 21.8. The van der Waals surface area contributed by atoms with Crippen LogP contribution in [-0.4, -0.2) is 18.4 Å². The zero-order valence-electron chi connectivity index (χ0n) is 20.9. The van der Waals surface area contributed by atoms with Crippen LogP contribution in [-0.2, 0) is 11.3 Å². The van der Waals surface area contributed by atoms with Crippen molar-refractivity contribution in [2.24, 2.45) is 0 Å². The largest absolute Gasteiger partial charge is 0.351 e. The van der Waals surface area contributed by atoms with Crippen LogP contribution in [0.2, 0.25) is 0 Å². The Bertz CT molecular complexity index is 1490. The second kappa shape index (κ2) is 11.5. The Morgan fingerprint density at radius 1 is 0.921 bits per heavy atom. The minimum atomic E-state index is -0.339. The number of benzene rings is 4. The minimum absolute atomic E-state index is 0.139. The van der Waals surface area contributed by atoms with Crippen molar-refractivity contribution in [1.29, 1.82) is 0 Å². The molecule has 1 atom stereocenters. The number of rotatable bonds is 7. The molecule has 5 rings (SSSR count). The maximum atomic E-state index is 14.4. The maximum absolute atomic E-state index is 14.4. The van der Waals surface area contributed by atoms with Crippen molar-refractivity contribution in [3.63, 3.8) is 0 Å². The number of nitrogens with one attached hydrogen (secondary N) is 1. The van der Waals surface area contributed by atoms with Gasteiger partial charge in [-0.25, -0.2) is 4.39 Å². The Balaban J connectivity index is 1.31. The fraction of sp³-hybridized carbons (Fsp3) is 0.125. The molecule has 6 heteroatoms. The van der Waals surface area contributed by atoms with E-state index in [2.05, 4.69) is 24.4 Å². The predicted molar refractivity (Wildman–Crippen MR) is 151 cm³/mol. The number of fused-ring (bicyclic) bond motifs is 1. The first-order valence-corrected chi connectivity index (χ1v) is 13.3. The van der Waals surface area contributed by atoms with Crippen LogP contribution >= 0.6 is 11.8 Å². The smallest absolute Gasteiger partial charge is 0.265 e. The van der Waals surface area contributed by atoms with Gasteiger partial charge in [0.1, 0.15) is 5.82 Å². The zero-order chi connectivity index (χ0) is 26.5. The first kappa shape index (κ1) is 25.5. The summed E-state index contributed by atoms with van der Waals surface area (Å²) in [6.45, 7) is 2.76. The van der Waals surface area contributed by atoms with Gasteiger partial charge in [0.05, 0.1) is 17.1 Å². The normalized spacial score (nSPS) is 14.7. The maximum Gasteiger partial charge on any atom is 0.265 e. The third-order valence-corrected chi connectivity index (χ3v) is 7.60. The molecule has 4 aromatic rings. The lowest BCUT2D eigenvalue weighted by Gasteiger charge is -2.30. The molecule has 0 bridgehead atoms. The summed E-state index contributed by atoms with van der Waals surface area (Å²) in [7, 11) is 0. The van der Waals surface area contributed by atoms with E-state index in [0.717, 1.165) is 16.1 Å². The summed E-state index contributed by atoms with van der Waals surface area (Å²) in [5.41, 5.74) is 3.76. The van der Waals surface area contributed by atoms with Crippen molar-refractivity contribution in [2.75, 3.05) is 11.4 Å². The number of anilines is 1. The van der Waals surface area contributed by atoms with Crippen LogP contribution in [0.1, 0.15) is 39.9 Å². The van der Waals surface area contributed by atoms with Crippen LogP contribution in [0.25, 0.3) is 6.08 Å². The third-order valence-electron chi connectivity index (χ3n) is 6.53. The van der Waals surface area contributed by atoms with E-state index in [1.165, 1.54) is 23.4 Å². The molecule has 0 saturated carbocycles. The number of halogens is 1. The van der Waals surface area contributed by atoms with Gasteiger partial charge in [0.25, 0.3) is 11.8 Å². The average Bonchev–Trinajstić information content (AvgIpc) is 2.95. The summed E-state index contributed by atoms with van der Waals surface area (Å²) in [5.74, 6) is -0.462. The van der Waals surface area contributed by atoms with Gasteiger partial charge in [0.15, 0.2) is 0 Å². The van der Waals surface area contributed by atoms with Gasteiger partial charge in [-0.1, -0.05) is 91.5 Å². The number of nitrogens with zero attached hydrogens (tertiary/aromatic N) is 1. The van der Waals surface area contributed by atoms with Gasteiger partial charge >= 0.3 is 0 Å². The number of carbonyl (C=O) groups is 2. The molecule has 0 saturated heterocycles. The first-order valence-electron chi connectivity index (χ1n) is 12.5. The molecule has 0 aliphatic carbocycles. The average molecular weight is 523 g/mol. The molecule has 1 N–H and O–H groups in total. The summed E-state index contributed by atoms with van der Waals surface area (Å²) >= 11 is 1.40. The highest BCUT2D eigenvalue weighted by atomic mass is 32.2. The molecule has 38 heavy (non-hydrogen) atoms. The Morgan fingerprint density at radius 2 is 1.61 bits per heavy atom. The van der Waals surface area contributed by atoms with Gasteiger partial charge in [-0.3, -0.25) is 9.59 Å². The first-order chi connectivity index (χ1) is 18.5. The quantitative estimate of drug-likeness (QED) is 0.265. The molecule has 1 heterocycles.